The van der Waals surface area contributed by atoms with Crippen molar-refractivity contribution in [1.82, 2.24) is 0 Å². The van der Waals surface area contributed by atoms with Gasteiger partial charge in [0.1, 0.15) is 5.69 Å². The highest BCUT2D eigenvalue weighted by Gasteiger charge is 2.13. The first-order valence-electron chi connectivity index (χ1n) is 5.34. The van der Waals surface area contributed by atoms with Crippen LogP contribution in [0.1, 0.15) is 19.4 Å². The van der Waals surface area contributed by atoms with Crippen LogP contribution in [0.3, 0.4) is 0 Å². The zero-order valence-electron chi connectivity index (χ0n) is 9.80. The van der Waals surface area contributed by atoms with E-state index in [1.807, 2.05) is 13.8 Å². The molecular weight excluding hydrogens is 224 g/mol. The van der Waals surface area contributed by atoms with Gasteiger partial charge >= 0.3 is 0 Å². The van der Waals surface area contributed by atoms with Crippen molar-refractivity contribution in [1.29, 1.82) is 5.26 Å². The summed E-state index contributed by atoms with van der Waals surface area (Å²) in [5.74, 6) is -1.35. The van der Waals surface area contributed by atoms with E-state index >= 15 is 0 Å². The quantitative estimate of drug-likeness (QED) is 0.847. The molecule has 0 saturated heterocycles. The van der Waals surface area contributed by atoms with Crippen molar-refractivity contribution in [2.24, 2.45) is 11.7 Å². The maximum Gasteiger partial charge on any atom is 0.150 e. The van der Waals surface area contributed by atoms with Crippen molar-refractivity contribution in [2.75, 3.05) is 11.9 Å². The highest BCUT2D eigenvalue weighted by atomic mass is 19.1. The summed E-state index contributed by atoms with van der Waals surface area (Å²) in [6, 6.07) is 3.48. The second-order valence-electron chi connectivity index (χ2n) is 4.22. The Kier molecular flexibility index (Phi) is 4.41. The predicted molar refractivity (Wildman–Crippen MR) is 62.4 cm³/mol. The second-order valence-corrected chi connectivity index (χ2v) is 4.22. The largest absolute Gasteiger partial charge is 0.379 e. The van der Waals surface area contributed by atoms with E-state index in [1.165, 1.54) is 0 Å². The third-order valence-electron chi connectivity index (χ3n) is 2.54. The number of rotatable bonds is 4. The van der Waals surface area contributed by atoms with Gasteiger partial charge in [-0.1, -0.05) is 13.8 Å². The fraction of sp³-hybridized carbons (Fsp3) is 0.417. The van der Waals surface area contributed by atoms with E-state index in [0.717, 1.165) is 12.1 Å². The standard InChI is InChI=1S/C12H15F2N3/c1-7(2)11(16)6-17-12-9(13)3-8(5-15)4-10(12)14/h3-4,7,11,17H,6,16H2,1-2H3. The van der Waals surface area contributed by atoms with Crippen LogP contribution in [-0.4, -0.2) is 12.6 Å². The molecule has 0 aliphatic rings. The van der Waals surface area contributed by atoms with Gasteiger partial charge in [0, 0.05) is 12.6 Å². The maximum absolute atomic E-state index is 13.5. The minimum Gasteiger partial charge on any atom is -0.379 e. The van der Waals surface area contributed by atoms with Crippen molar-refractivity contribution in [3.8, 4) is 6.07 Å². The van der Waals surface area contributed by atoms with Crippen molar-refractivity contribution in [3.63, 3.8) is 0 Å². The fourth-order valence-corrected chi connectivity index (χ4v) is 1.26. The Morgan fingerprint density at radius 2 is 1.88 bits per heavy atom. The number of nitriles is 1. The molecule has 0 fully saturated rings. The van der Waals surface area contributed by atoms with Gasteiger partial charge in [0.2, 0.25) is 0 Å². The molecule has 1 atom stereocenters. The number of nitrogens with two attached hydrogens (primary N) is 1. The van der Waals surface area contributed by atoms with Crippen LogP contribution in [0.5, 0.6) is 0 Å². The average Bonchev–Trinajstić information content (AvgIpc) is 2.27. The van der Waals surface area contributed by atoms with Gasteiger partial charge in [-0.15, -0.1) is 0 Å². The smallest absolute Gasteiger partial charge is 0.150 e. The van der Waals surface area contributed by atoms with E-state index in [0.29, 0.717) is 0 Å². The molecule has 0 radical (unpaired) electrons. The molecule has 1 rings (SSSR count). The van der Waals surface area contributed by atoms with Crippen LogP contribution < -0.4 is 11.1 Å². The van der Waals surface area contributed by atoms with E-state index in [1.54, 1.807) is 6.07 Å². The number of nitrogens with one attached hydrogen (secondary N) is 1. The minimum atomic E-state index is -0.780. The number of halogens is 2. The molecule has 3 nitrogen and oxygen atoms in total. The lowest BCUT2D eigenvalue weighted by atomic mass is 10.1. The third-order valence-corrected chi connectivity index (χ3v) is 2.54. The Morgan fingerprint density at radius 1 is 1.35 bits per heavy atom. The lowest BCUT2D eigenvalue weighted by molar-refractivity contribution is 0.507. The molecule has 1 aromatic carbocycles. The zero-order valence-corrected chi connectivity index (χ0v) is 9.80. The normalized spacial score (nSPS) is 12.3. The Morgan fingerprint density at radius 3 is 2.29 bits per heavy atom. The molecule has 0 saturated carbocycles. The number of benzene rings is 1. The molecule has 0 amide bonds. The monoisotopic (exact) mass is 239 g/mol. The van der Waals surface area contributed by atoms with Crippen LogP contribution in [0.25, 0.3) is 0 Å². The van der Waals surface area contributed by atoms with Crippen LogP contribution >= 0.6 is 0 Å². The number of hydrogen-bond donors (Lipinski definition) is 2. The molecule has 0 spiro atoms. The van der Waals surface area contributed by atoms with Gasteiger partial charge in [0.25, 0.3) is 0 Å². The van der Waals surface area contributed by atoms with Crippen LogP contribution in [0.4, 0.5) is 14.5 Å². The Hall–Kier alpha value is -1.67. The molecule has 0 heterocycles. The highest BCUT2D eigenvalue weighted by molar-refractivity contribution is 5.50. The Bertz CT molecular complexity index is 415. The summed E-state index contributed by atoms with van der Waals surface area (Å²) in [6.45, 7) is 4.13. The summed E-state index contributed by atoms with van der Waals surface area (Å²) in [6.07, 6.45) is 0. The lowest BCUT2D eigenvalue weighted by Gasteiger charge is -2.17. The minimum absolute atomic E-state index is 0.0429. The summed E-state index contributed by atoms with van der Waals surface area (Å²) in [5, 5.41) is 11.2. The third kappa shape index (κ3) is 3.40. The molecule has 1 aromatic rings. The summed E-state index contributed by atoms with van der Waals surface area (Å²) >= 11 is 0. The Balaban J connectivity index is 2.82. The molecule has 1 unspecified atom stereocenters. The average molecular weight is 239 g/mol. The van der Waals surface area contributed by atoms with Crippen molar-refractivity contribution < 1.29 is 8.78 Å². The van der Waals surface area contributed by atoms with Gasteiger partial charge in [0.15, 0.2) is 11.6 Å². The summed E-state index contributed by atoms with van der Waals surface area (Å²) in [4.78, 5) is 0. The first-order valence-corrected chi connectivity index (χ1v) is 5.34. The van der Waals surface area contributed by atoms with E-state index in [-0.39, 0.29) is 29.8 Å². The lowest BCUT2D eigenvalue weighted by Crippen LogP contribution is -2.34. The number of anilines is 1. The SMILES string of the molecule is CC(C)C(N)CNc1c(F)cc(C#N)cc1F. The molecule has 5 heteroatoms. The molecule has 0 bridgehead atoms. The topological polar surface area (TPSA) is 61.8 Å². The van der Waals surface area contributed by atoms with Crippen LogP contribution in [0.2, 0.25) is 0 Å². The van der Waals surface area contributed by atoms with Gasteiger partial charge in [-0.05, 0) is 18.1 Å². The first kappa shape index (κ1) is 13.4. The van der Waals surface area contributed by atoms with Gasteiger partial charge in [-0.25, -0.2) is 8.78 Å². The van der Waals surface area contributed by atoms with Gasteiger partial charge in [-0.3, -0.25) is 0 Å². The van der Waals surface area contributed by atoms with Crippen LogP contribution in [0, 0.1) is 28.9 Å². The fourth-order valence-electron chi connectivity index (χ4n) is 1.26. The van der Waals surface area contributed by atoms with E-state index in [9.17, 15) is 8.78 Å². The number of nitrogens with zero attached hydrogens (tertiary/aromatic N) is 1. The van der Waals surface area contributed by atoms with Crippen molar-refractivity contribution >= 4 is 5.69 Å². The van der Waals surface area contributed by atoms with Gasteiger partial charge in [0.05, 0.1) is 11.6 Å². The van der Waals surface area contributed by atoms with Gasteiger partial charge < -0.3 is 11.1 Å². The Labute approximate surface area is 99.2 Å². The van der Waals surface area contributed by atoms with Crippen molar-refractivity contribution in [2.45, 2.75) is 19.9 Å². The van der Waals surface area contributed by atoms with Crippen LogP contribution in [0.15, 0.2) is 12.1 Å². The predicted octanol–water partition coefficient (Wildman–Crippen LogP) is 2.23. The van der Waals surface area contributed by atoms with E-state index < -0.39 is 11.6 Å². The first-order chi connectivity index (χ1) is 7.95. The van der Waals surface area contributed by atoms with E-state index in [4.69, 9.17) is 11.0 Å². The molecule has 0 aliphatic heterocycles. The summed E-state index contributed by atoms with van der Waals surface area (Å²) < 4.78 is 26.9. The highest BCUT2D eigenvalue weighted by Crippen LogP contribution is 2.20. The molecule has 92 valence electrons. The molecule has 17 heavy (non-hydrogen) atoms. The molecule has 3 N–H and O–H groups in total. The zero-order chi connectivity index (χ0) is 13.0. The van der Waals surface area contributed by atoms with Crippen molar-refractivity contribution in [3.05, 3.63) is 29.3 Å². The summed E-state index contributed by atoms with van der Waals surface area (Å²) in [5.41, 5.74) is 5.48. The van der Waals surface area contributed by atoms with Crippen LogP contribution in [-0.2, 0) is 0 Å². The molecule has 0 aromatic heterocycles. The van der Waals surface area contributed by atoms with Gasteiger partial charge in [-0.2, -0.15) is 5.26 Å². The van der Waals surface area contributed by atoms with E-state index in [2.05, 4.69) is 5.32 Å². The molecule has 0 aliphatic carbocycles. The second kappa shape index (κ2) is 5.60. The molecular formula is C12H15F2N3. The maximum atomic E-state index is 13.5. The number of hydrogen-bond acceptors (Lipinski definition) is 3. The summed E-state index contributed by atoms with van der Waals surface area (Å²) in [7, 11) is 0.